The summed E-state index contributed by atoms with van der Waals surface area (Å²) in [6.45, 7) is 6.41. The van der Waals surface area contributed by atoms with E-state index in [1.54, 1.807) is 12.1 Å². The molecule has 3 aromatic carbocycles. The highest BCUT2D eigenvalue weighted by molar-refractivity contribution is 6.09. The maximum absolute atomic E-state index is 13.7. The molecule has 0 bridgehead atoms. The Labute approximate surface area is 224 Å². The summed E-state index contributed by atoms with van der Waals surface area (Å²) in [6.07, 6.45) is 4.11. The monoisotopic (exact) mass is 509 g/mol. The number of nitrogens with one attached hydrogen (secondary N) is 1. The second-order valence-electron chi connectivity index (χ2n) is 10.1. The first-order chi connectivity index (χ1) is 18.5. The molecular weight excluding hydrogens is 474 g/mol. The molecule has 6 nitrogen and oxygen atoms in total. The Bertz CT molecular complexity index is 1400. The van der Waals surface area contributed by atoms with Crippen LogP contribution in [-0.4, -0.2) is 47.0 Å². The molecule has 1 amide bonds. The number of likely N-dealkylation sites (tertiary alicyclic amines) is 1. The van der Waals surface area contributed by atoms with Gasteiger partial charge in [-0.25, -0.2) is 0 Å². The van der Waals surface area contributed by atoms with E-state index in [1.165, 1.54) is 12.5 Å². The van der Waals surface area contributed by atoms with E-state index in [0.717, 1.165) is 67.6 Å². The summed E-state index contributed by atoms with van der Waals surface area (Å²) in [4.78, 5) is 27.8. The average Bonchev–Trinajstić information content (AvgIpc) is 3.21. The van der Waals surface area contributed by atoms with Crippen LogP contribution in [0.2, 0.25) is 0 Å². The summed E-state index contributed by atoms with van der Waals surface area (Å²) in [7, 11) is 0. The number of rotatable bonds is 8. The number of hydrogen-bond acceptors (Lipinski definition) is 4. The molecule has 0 aliphatic carbocycles. The Morgan fingerprint density at radius 2 is 1.63 bits per heavy atom. The van der Waals surface area contributed by atoms with E-state index in [2.05, 4.69) is 45.1 Å². The Morgan fingerprint density at radius 1 is 0.947 bits per heavy atom. The number of nitrogens with zero attached hydrogens (tertiary/aromatic N) is 2. The molecule has 0 saturated carbocycles. The molecule has 1 aliphatic heterocycles. The van der Waals surface area contributed by atoms with E-state index in [0.29, 0.717) is 11.3 Å². The third-order valence-electron chi connectivity index (χ3n) is 7.38. The smallest absolute Gasteiger partial charge is 0.308 e. The first-order valence-electron chi connectivity index (χ1n) is 13.5. The van der Waals surface area contributed by atoms with Crippen molar-refractivity contribution in [1.29, 1.82) is 0 Å². The van der Waals surface area contributed by atoms with Crippen LogP contribution < -0.4 is 10.1 Å². The highest BCUT2D eigenvalue weighted by Crippen LogP contribution is 2.32. The number of fused-ring (bicyclic) bond motifs is 1. The molecule has 5 rings (SSSR count). The first-order valence-corrected chi connectivity index (χ1v) is 13.5. The molecule has 2 heterocycles. The van der Waals surface area contributed by atoms with Gasteiger partial charge in [-0.15, -0.1) is 0 Å². The van der Waals surface area contributed by atoms with Gasteiger partial charge in [0.15, 0.2) is 0 Å². The molecule has 0 atom stereocenters. The van der Waals surface area contributed by atoms with Gasteiger partial charge in [0.1, 0.15) is 5.75 Å². The van der Waals surface area contributed by atoms with Crippen LogP contribution in [0.5, 0.6) is 5.75 Å². The van der Waals surface area contributed by atoms with Gasteiger partial charge in [-0.1, -0.05) is 48.5 Å². The van der Waals surface area contributed by atoms with Crippen molar-refractivity contribution in [3.05, 3.63) is 95.7 Å². The van der Waals surface area contributed by atoms with E-state index in [-0.39, 0.29) is 17.9 Å². The standard InChI is InChI=1S/C32H35N3O3/c1-23-31(29-22-28(38-24(2)36)15-16-30(29)35(23)27-13-7-4-8-14-27)32(37)33-26-17-20-34(21-18-26)19-9-12-25-10-5-3-6-11-25/h3-8,10-11,13-16,22,26H,9,12,17-21H2,1-2H3,(H,33,37). The molecule has 1 N–H and O–H groups in total. The molecule has 4 aromatic rings. The zero-order valence-electron chi connectivity index (χ0n) is 22.2. The van der Waals surface area contributed by atoms with Crippen LogP contribution in [0, 0.1) is 6.92 Å². The molecule has 1 aromatic heterocycles. The number of amides is 1. The van der Waals surface area contributed by atoms with Crippen LogP contribution in [0.25, 0.3) is 16.6 Å². The van der Waals surface area contributed by atoms with Crippen molar-refractivity contribution in [2.24, 2.45) is 0 Å². The lowest BCUT2D eigenvalue weighted by molar-refractivity contribution is -0.131. The van der Waals surface area contributed by atoms with Crippen molar-refractivity contribution in [3.8, 4) is 11.4 Å². The van der Waals surface area contributed by atoms with Crippen LogP contribution >= 0.6 is 0 Å². The molecule has 0 spiro atoms. The van der Waals surface area contributed by atoms with Crippen molar-refractivity contribution in [3.63, 3.8) is 0 Å². The quantitative estimate of drug-likeness (QED) is 0.245. The molecule has 0 radical (unpaired) electrons. The van der Waals surface area contributed by atoms with Gasteiger partial charge in [-0.05, 0) is 75.0 Å². The summed E-state index contributed by atoms with van der Waals surface area (Å²) < 4.78 is 7.44. The van der Waals surface area contributed by atoms with Gasteiger partial charge in [-0.3, -0.25) is 9.59 Å². The van der Waals surface area contributed by atoms with Crippen molar-refractivity contribution in [1.82, 2.24) is 14.8 Å². The molecule has 196 valence electrons. The van der Waals surface area contributed by atoms with Gasteiger partial charge in [0.25, 0.3) is 5.91 Å². The summed E-state index contributed by atoms with van der Waals surface area (Å²) in [5.74, 6) is -0.0251. The van der Waals surface area contributed by atoms with Crippen molar-refractivity contribution in [2.75, 3.05) is 19.6 Å². The number of benzene rings is 3. The van der Waals surface area contributed by atoms with Crippen molar-refractivity contribution < 1.29 is 14.3 Å². The Kier molecular flexibility index (Phi) is 7.89. The van der Waals surface area contributed by atoms with Gasteiger partial charge in [0, 0.05) is 42.8 Å². The predicted molar refractivity (Wildman–Crippen MR) is 151 cm³/mol. The molecule has 1 saturated heterocycles. The minimum Gasteiger partial charge on any atom is -0.427 e. The number of aromatic nitrogens is 1. The fourth-order valence-corrected chi connectivity index (χ4v) is 5.53. The van der Waals surface area contributed by atoms with E-state index < -0.39 is 0 Å². The second-order valence-corrected chi connectivity index (χ2v) is 10.1. The van der Waals surface area contributed by atoms with Crippen LogP contribution in [-0.2, 0) is 11.2 Å². The predicted octanol–water partition coefficient (Wildman–Crippen LogP) is 5.69. The number of hydrogen-bond donors (Lipinski definition) is 1. The second kappa shape index (κ2) is 11.7. The summed E-state index contributed by atoms with van der Waals surface area (Å²) in [6, 6.07) is 26.3. The largest absolute Gasteiger partial charge is 0.427 e. The topological polar surface area (TPSA) is 63.6 Å². The minimum absolute atomic E-state index is 0.0790. The number of para-hydroxylation sites is 1. The summed E-state index contributed by atoms with van der Waals surface area (Å²) >= 11 is 0. The van der Waals surface area contributed by atoms with Crippen molar-refractivity contribution >= 4 is 22.8 Å². The van der Waals surface area contributed by atoms with Gasteiger partial charge >= 0.3 is 5.97 Å². The van der Waals surface area contributed by atoms with Gasteiger partial charge in [-0.2, -0.15) is 0 Å². The minimum atomic E-state index is -0.384. The van der Waals surface area contributed by atoms with Crippen LogP contribution in [0.1, 0.15) is 47.8 Å². The molecule has 1 aliphatic rings. The normalized spacial score (nSPS) is 14.5. The average molecular weight is 510 g/mol. The fourth-order valence-electron chi connectivity index (χ4n) is 5.53. The van der Waals surface area contributed by atoms with Crippen LogP contribution in [0.4, 0.5) is 0 Å². The Morgan fingerprint density at radius 3 is 2.32 bits per heavy atom. The van der Waals surface area contributed by atoms with Crippen molar-refractivity contribution in [2.45, 2.75) is 45.6 Å². The van der Waals surface area contributed by atoms with E-state index in [9.17, 15) is 9.59 Å². The van der Waals surface area contributed by atoms with Crippen LogP contribution in [0.3, 0.4) is 0 Å². The SMILES string of the molecule is CC(=O)Oc1ccc2c(c1)c(C(=O)NC1CCN(CCCc3ccccc3)CC1)c(C)n2-c1ccccc1. The molecule has 38 heavy (non-hydrogen) atoms. The Hall–Kier alpha value is -3.90. The zero-order chi connectivity index (χ0) is 26.5. The lowest BCUT2D eigenvalue weighted by Gasteiger charge is -2.32. The summed E-state index contributed by atoms with van der Waals surface area (Å²) in [5, 5.41) is 4.09. The van der Waals surface area contributed by atoms with E-state index in [4.69, 9.17) is 4.74 Å². The highest BCUT2D eigenvalue weighted by atomic mass is 16.5. The van der Waals surface area contributed by atoms with Gasteiger partial charge < -0.3 is 19.5 Å². The number of carbonyl (C=O) groups excluding carboxylic acids is 2. The number of esters is 1. The highest BCUT2D eigenvalue weighted by Gasteiger charge is 2.25. The summed E-state index contributed by atoms with van der Waals surface area (Å²) in [5.41, 5.74) is 4.77. The maximum Gasteiger partial charge on any atom is 0.308 e. The molecule has 6 heteroatoms. The number of carbonyl (C=O) groups is 2. The molecular formula is C32H35N3O3. The van der Waals surface area contributed by atoms with Gasteiger partial charge in [0.05, 0.1) is 11.1 Å². The number of ether oxygens (including phenoxy) is 1. The van der Waals surface area contributed by atoms with Gasteiger partial charge in [0.2, 0.25) is 0 Å². The maximum atomic E-state index is 13.7. The number of aryl methyl sites for hydroxylation is 1. The number of piperidine rings is 1. The Balaban J connectivity index is 1.29. The molecule has 1 fully saturated rings. The third kappa shape index (κ3) is 5.81. The molecule has 0 unspecified atom stereocenters. The zero-order valence-corrected chi connectivity index (χ0v) is 22.2. The van der Waals surface area contributed by atoms with E-state index >= 15 is 0 Å². The van der Waals surface area contributed by atoms with E-state index in [1.807, 2.05) is 43.3 Å². The fraction of sp³-hybridized carbons (Fsp3) is 0.312. The van der Waals surface area contributed by atoms with Crippen LogP contribution in [0.15, 0.2) is 78.9 Å². The lowest BCUT2D eigenvalue weighted by Crippen LogP contribution is -2.45. The lowest BCUT2D eigenvalue weighted by atomic mass is 10.0. The third-order valence-corrected chi connectivity index (χ3v) is 7.38. The first kappa shape index (κ1) is 25.7.